The van der Waals surface area contributed by atoms with Gasteiger partial charge in [-0.05, 0) is 0 Å². The van der Waals surface area contributed by atoms with Gasteiger partial charge in [-0.2, -0.15) is 0 Å². The van der Waals surface area contributed by atoms with Crippen molar-refractivity contribution >= 4 is 41.0 Å². The average Bonchev–Trinajstić information content (AvgIpc) is 1.56. The molecule has 2 N–H and O–H groups in total. The van der Waals surface area contributed by atoms with Crippen LogP contribution in [-0.2, 0) is 22.6 Å². The van der Waals surface area contributed by atoms with Gasteiger partial charge in [0.05, 0.1) is 0 Å². The Balaban J connectivity index is 0. The molecule has 0 bridgehead atoms. The summed E-state index contributed by atoms with van der Waals surface area (Å²) in [7, 11) is 14.8. The second-order valence-electron chi connectivity index (χ2n) is 1.12. The van der Waals surface area contributed by atoms with Crippen molar-refractivity contribution in [1.82, 2.24) is 0 Å². The van der Waals surface area contributed by atoms with Crippen LogP contribution < -0.4 is 0 Å². The zero-order chi connectivity index (χ0) is 9.44. The van der Waals surface area contributed by atoms with Crippen LogP contribution in [0.1, 0.15) is 6.42 Å². The predicted octanol–water partition coefficient (Wildman–Crippen LogP) is 1.61. The van der Waals surface area contributed by atoms with Crippen molar-refractivity contribution < 1.29 is 32.8 Å². The van der Waals surface area contributed by atoms with Crippen molar-refractivity contribution in [2.45, 2.75) is 6.42 Å². The van der Waals surface area contributed by atoms with Crippen LogP contribution in [0, 0.1) is 0 Å². The zero-order valence-electron chi connectivity index (χ0n) is 4.91. The molecular weight excluding hydrogens is 307 g/mol. The molecule has 0 aliphatic carbocycles. The number of carboxylic acid groups (broad SMARTS) is 2. The van der Waals surface area contributed by atoms with Crippen molar-refractivity contribution in [3.05, 3.63) is 0 Å². The summed E-state index contributed by atoms with van der Waals surface area (Å²) < 4.78 is 0. The molecular formula is C3H4Cl3O4Ru. The first-order valence-electron chi connectivity index (χ1n) is 1.96. The number of hydrogen-bond acceptors (Lipinski definition) is 2. The molecule has 0 unspecified atom stereocenters. The number of carbonyl (C=O) groups is 2. The van der Waals surface area contributed by atoms with Gasteiger partial charge in [0, 0.05) is 0 Å². The zero-order valence-corrected chi connectivity index (χ0v) is 8.91. The second-order valence-corrected chi connectivity index (χ2v) is 9.03. The van der Waals surface area contributed by atoms with Crippen LogP contribution in [0.3, 0.4) is 0 Å². The number of halogens is 3. The molecule has 0 aromatic rings. The molecule has 0 saturated carbocycles. The third-order valence-electron chi connectivity index (χ3n) is 0.302. The molecule has 0 amide bonds. The van der Waals surface area contributed by atoms with Gasteiger partial charge in [-0.25, -0.2) is 0 Å². The van der Waals surface area contributed by atoms with Gasteiger partial charge in [-0.1, -0.05) is 0 Å². The standard InChI is InChI=1S/C3H4O4.3ClH.Ru/c4-2(5)1-3(6)7;;;;/h1H2,(H,4,5)(H,6,7);3*1H;/q;;;;+3/p-3. The maximum atomic E-state index is 9.43. The molecule has 0 spiro atoms. The summed E-state index contributed by atoms with van der Waals surface area (Å²) in [6, 6.07) is 0. The number of aliphatic carboxylic acids is 2. The van der Waals surface area contributed by atoms with Gasteiger partial charge in [-0.3, -0.25) is 9.59 Å². The third kappa shape index (κ3) is 37.8. The third-order valence-corrected chi connectivity index (χ3v) is 0.302. The van der Waals surface area contributed by atoms with Crippen LogP contribution in [-0.4, -0.2) is 22.2 Å². The molecule has 0 atom stereocenters. The molecule has 0 aromatic heterocycles. The summed E-state index contributed by atoms with van der Waals surface area (Å²) >= 11 is -1.75. The Kier molecular flexibility index (Phi) is 10.8. The summed E-state index contributed by atoms with van der Waals surface area (Å²) in [4.78, 5) is 18.9. The molecule has 0 aliphatic heterocycles. The van der Waals surface area contributed by atoms with E-state index in [2.05, 4.69) is 0 Å². The average molecular weight is 311 g/mol. The SMILES string of the molecule is O=C(O)CC(=O)O.[Cl][Ru]([Cl])[Cl]. The van der Waals surface area contributed by atoms with Gasteiger partial charge in [0.15, 0.2) is 0 Å². The molecule has 69 valence electrons. The van der Waals surface area contributed by atoms with E-state index in [1.165, 1.54) is 0 Å². The first-order chi connectivity index (χ1) is 4.86. The Bertz CT molecular complexity index is 124. The fourth-order valence-electron chi connectivity index (χ4n) is 0.129. The van der Waals surface area contributed by atoms with Crippen molar-refractivity contribution in [3.63, 3.8) is 0 Å². The molecule has 0 fully saturated rings. The molecule has 8 heteroatoms. The number of carboxylic acids is 2. The van der Waals surface area contributed by atoms with E-state index in [0.717, 1.165) is 0 Å². The van der Waals surface area contributed by atoms with Crippen molar-refractivity contribution in [1.29, 1.82) is 0 Å². The van der Waals surface area contributed by atoms with Gasteiger partial charge in [0.1, 0.15) is 6.42 Å². The van der Waals surface area contributed by atoms with Crippen LogP contribution in [0.2, 0.25) is 0 Å². The van der Waals surface area contributed by atoms with Crippen LogP contribution in [0.5, 0.6) is 0 Å². The Labute approximate surface area is 80.1 Å². The molecule has 0 radical (unpaired) electrons. The summed E-state index contributed by atoms with van der Waals surface area (Å²) in [6.07, 6.45) is -0.806. The monoisotopic (exact) mass is 311 g/mol. The van der Waals surface area contributed by atoms with Gasteiger partial charge >= 0.3 is 54.0 Å². The topological polar surface area (TPSA) is 74.6 Å². The quantitative estimate of drug-likeness (QED) is 0.600. The summed E-state index contributed by atoms with van der Waals surface area (Å²) in [5.41, 5.74) is 0. The molecule has 4 nitrogen and oxygen atoms in total. The van der Waals surface area contributed by atoms with E-state index in [0.29, 0.717) is 0 Å². The van der Waals surface area contributed by atoms with Crippen LogP contribution in [0.4, 0.5) is 0 Å². The fraction of sp³-hybridized carbons (Fsp3) is 0.333. The molecule has 0 heterocycles. The Morgan fingerprint density at radius 3 is 1.27 bits per heavy atom. The van der Waals surface area contributed by atoms with Crippen LogP contribution >= 0.6 is 29.1 Å². The molecule has 0 aliphatic rings. The Morgan fingerprint density at radius 2 is 1.27 bits per heavy atom. The summed E-state index contributed by atoms with van der Waals surface area (Å²) in [5.74, 6) is -2.62. The fourth-order valence-corrected chi connectivity index (χ4v) is 0.129. The van der Waals surface area contributed by atoms with Gasteiger partial charge in [0.25, 0.3) is 0 Å². The van der Waals surface area contributed by atoms with Crippen molar-refractivity contribution in [2.75, 3.05) is 0 Å². The summed E-state index contributed by atoms with van der Waals surface area (Å²) in [5, 5.41) is 15.4. The number of rotatable bonds is 2. The normalized spacial score (nSPS) is 9.18. The summed E-state index contributed by atoms with van der Waals surface area (Å²) in [6.45, 7) is 0. The van der Waals surface area contributed by atoms with E-state index in [9.17, 15) is 9.59 Å². The van der Waals surface area contributed by atoms with Gasteiger partial charge < -0.3 is 10.2 Å². The van der Waals surface area contributed by atoms with Gasteiger partial charge in [0.2, 0.25) is 0 Å². The molecule has 0 saturated heterocycles. The minimum atomic E-state index is -1.75. The van der Waals surface area contributed by atoms with Crippen LogP contribution in [0.25, 0.3) is 0 Å². The molecule has 0 rings (SSSR count). The van der Waals surface area contributed by atoms with Gasteiger partial charge in [-0.15, -0.1) is 0 Å². The van der Waals surface area contributed by atoms with E-state index >= 15 is 0 Å². The Morgan fingerprint density at radius 1 is 1.09 bits per heavy atom. The van der Waals surface area contributed by atoms with E-state index in [-0.39, 0.29) is 0 Å². The molecule has 11 heavy (non-hydrogen) atoms. The van der Waals surface area contributed by atoms with E-state index in [1.807, 2.05) is 0 Å². The first kappa shape index (κ1) is 14.0. The van der Waals surface area contributed by atoms with E-state index in [1.54, 1.807) is 0 Å². The maximum absolute atomic E-state index is 9.43. The minimum absolute atomic E-state index is 0.806. The second kappa shape index (κ2) is 8.53. The number of hydrogen-bond donors (Lipinski definition) is 2. The Hall–Kier alpha value is 0.433. The predicted molar refractivity (Wildman–Crippen MR) is 37.4 cm³/mol. The molecule has 0 aromatic carbocycles. The van der Waals surface area contributed by atoms with Crippen molar-refractivity contribution in [3.8, 4) is 0 Å². The van der Waals surface area contributed by atoms with Crippen LogP contribution in [0.15, 0.2) is 0 Å². The first-order valence-corrected chi connectivity index (χ1v) is 8.68. The van der Waals surface area contributed by atoms with Crippen molar-refractivity contribution in [2.24, 2.45) is 0 Å². The van der Waals surface area contributed by atoms with E-state index in [4.69, 9.17) is 39.3 Å². The van der Waals surface area contributed by atoms with E-state index < -0.39 is 31.3 Å².